The molecule has 0 aromatic heterocycles. The molecule has 0 saturated carbocycles. The van der Waals surface area contributed by atoms with Gasteiger partial charge in [-0.25, -0.2) is 13.2 Å². The summed E-state index contributed by atoms with van der Waals surface area (Å²) in [6.45, 7) is 4.16. The van der Waals surface area contributed by atoms with Crippen molar-refractivity contribution in [2.45, 2.75) is 31.1 Å². The van der Waals surface area contributed by atoms with Crippen molar-refractivity contribution in [2.24, 2.45) is 5.92 Å². The van der Waals surface area contributed by atoms with Crippen LogP contribution < -0.4 is 10.6 Å². The number of carbonyl (C=O) groups is 1. The van der Waals surface area contributed by atoms with Gasteiger partial charge in [0.05, 0.1) is 4.90 Å². The van der Waals surface area contributed by atoms with Crippen LogP contribution in [-0.4, -0.2) is 44.9 Å². The average Bonchev–Trinajstić information content (AvgIpc) is 2.59. The van der Waals surface area contributed by atoms with E-state index in [4.69, 9.17) is 11.6 Å². The zero-order valence-corrected chi connectivity index (χ0v) is 15.4. The molecule has 1 aliphatic heterocycles. The molecule has 1 aliphatic rings. The Balaban J connectivity index is 1.83. The Bertz CT molecular complexity index is 641. The molecule has 0 spiro atoms. The smallest absolute Gasteiger partial charge is 0.314 e. The van der Waals surface area contributed by atoms with Gasteiger partial charge in [-0.2, -0.15) is 4.31 Å². The summed E-state index contributed by atoms with van der Waals surface area (Å²) in [6, 6.07) is 6.07. The molecule has 1 aromatic carbocycles. The lowest BCUT2D eigenvalue weighted by molar-refractivity contribution is 0.231. The zero-order chi connectivity index (χ0) is 17.6. The molecule has 1 heterocycles. The Hall–Kier alpha value is -1.31. The van der Waals surface area contributed by atoms with Crippen molar-refractivity contribution in [3.05, 3.63) is 29.3 Å². The van der Waals surface area contributed by atoms with E-state index in [1.807, 2.05) is 6.92 Å². The van der Waals surface area contributed by atoms with Crippen LogP contribution in [0, 0.1) is 5.92 Å². The van der Waals surface area contributed by atoms with Crippen molar-refractivity contribution in [1.29, 1.82) is 0 Å². The highest BCUT2D eigenvalue weighted by atomic mass is 35.5. The van der Waals surface area contributed by atoms with E-state index in [1.165, 1.54) is 16.4 Å². The van der Waals surface area contributed by atoms with Crippen LogP contribution in [0.4, 0.5) is 4.79 Å². The zero-order valence-electron chi connectivity index (χ0n) is 13.8. The van der Waals surface area contributed by atoms with Crippen molar-refractivity contribution in [2.75, 3.05) is 26.2 Å². The maximum absolute atomic E-state index is 12.6. The van der Waals surface area contributed by atoms with Crippen LogP contribution in [0.1, 0.15) is 26.2 Å². The molecule has 2 rings (SSSR count). The van der Waals surface area contributed by atoms with Gasteiger partial charge in [0.2, 0.25) is 10.0 Å². The third kappa shape index (κ3) is 5.09. The van der Waals surface area contributed by atoms with Crippen LogP contribution in [0.3, 0.4) is 0 Å². The number of hydrogen-bond acceptors (Lipinski definition) is 3. The van der Waals surface area contributed by atoms with E-state index in [0.29, 0.717) is 37.1 Å². The second-order valence-electron chi connectivity index (χ2n) is 5.94. The summed E-state index contributed by atoms with van der Waals surface area (Å²) in [6.07, 6.45) is 2.37. The van der Waals surface area contributed by atoms with Crippen LogP contribution in [0.25, 0.3) is 0 Å². The van der Waals surface area contributed by atoms with E-state index in [0.717, 1.165) is 19.3 Å². The summed E-state index contributed by atoms with van der Waals surface area (Å²) in [4.78, 5) is 11.8. The third-order valence-corrected chi connectivity index (χ3v) is 6.28. The topological polar surface area (TPSA) is 78.5 Å². The standard InChI is InChI=1S/C16H24ClN3O3S/c1-2-9-18-16(21)19-12-13-7-10-20(11-8-13)24(22,23)15-5-3-14(17)4-6-15/h3-6,13H,2,7-12H2,1H3,(H2,18,19,21). The van der Waals surface area contributed by atoms with Gasteiger partial charge < -0.3 is 10.6 Å². The molecule has 24 heavy (non-hydrogen) atoms. The average molecular weight is 374 g/mol. The Morgan fingerprint density at radius 3 is 2.42 bits per heavy atom. The molecular weight excluding hydrogens is 350 g/mol. The number of rotatable bonds is 6. The number of benzene rings is 1. The second-order valence-corrected chi connectivity index (χ2v) is 8.31. The lowest BCUT2D eigenvalue weighted by Gasteiger charge is -2.31. The first-order chi connectivity index (χ1) is 11.4. The van der Waals surface area contributed by atoms with Crippen LogP contribution in [-0.2, 0) is 10.0 Å². The Morgan fingerprint density at radius 1 is 1.21 bits per heavy atom. The lowest BCUT2D eigenvalue weighted by Crippen LogP contribution is -2.43. The highest BCUT2D eigenvalue weighted by Gasteiger charge is 2.29. The van der Waals surface area contributed by atoms with Gasteiger partial charge in [0.25, 0.3) is 0 Å². The van der Waals surface area contributed by atoms with E-state index in [9.17, 15) is 13.2 Å². The molecule has 2 amide bonds. The summed E-state index contributed by atoms with van der Waals surface area (Å²) in [5.74, 6) is 0.300. The number of halogens is 1. The monoisotopic (exact) mass is 373 g/mol. The molecule has 134 valence electrons. The van der Waals surface area contributed by atoms with Crippen molar-refractivity contribution >= 4 is 27.7 Å². The third-order valence-electron chi connectivity index (χ3n) is 4.11. The normalized spacial score (nSPS) is 16.8. The van der Waals surface area contributed by atoms with Gasteiger partial charge in [-0.1, -0.05) is 18.5 Å². The predicted octanol–water partition coefficient (Wildman–Crippen LogP) is 2.45. The van der Waals surface area contributed by atoms with Crippen molar-refractivity contribution in [3.8, 4) is 0 Å². The van der Waals surface area contributed by atoms with Gasteiger partial charge >= 0.3 is 6.03 Å². The Morgan fingerprint density at radius 2 is 1.83 bits per heavy atom. The highest BCUT2D eigenvalue weighted by molar-refractivity contribution is 7.89. The summed E-state index contributed by atoms with van der Waals surface area (Å²) in [5.41, 5.74) is 0. The van der Waals surface area contributed by atoms with Gasteiger partial charge in [-0.3, -0.25) is 0 Å². The number of nitrogens with zero attached hydrogens (tertiary/aromatic N) is 1. The minimum absolute atomic E-state index is 0.159. The molecule has 1 saturated heterocycles. The number of hydrogen-bond donors (Lipinski definition) is 2. The molecule has 6 nitrogen and oxygen atoms in total. The van der Waals surface area contributed by atoms with Gasteiger partial charge in [0.1, 0.15) is 0 Å². The summed E-state index contributed by atoms with van der Waals surface area (Å²) < 4.78 is 26.7. The predicted molar refractivity (Wildman–Crippen MR) is 94.6 cm³/mol. The first-order valence-electron chi connectivity index (χ1n) is 8.21. The fourth-order valence-electron chi connectivity index (χ4n) is 2.65. The first kappa shape index (κ1) is 19.0. The van der Waals surface area contributed by atoms with E-state index < -0.39 is 10.0 Å². The molecule has 0 bridgehead atoms. The molecule has 1 aromatic rings. The Kier molecular flexibility index (Phi) is 6.89. The summed E-state index contributed by atoms with van der Waals surface area (Å²) in [5, 5.41) is 6.12. The SMILES string of the molecule is CCCNC(=O)NCC1CCN(S(=O)(=O)c2ccc(Cl)cc2)CC1. The fraction of sp³-hybridized carbons (Fsp3) is 0.562. The van der Waals surface area contributed by atoms with Crippen molar-refractivity contribution in [3.63, 3.8) is 0 Å². The fourth-order valence-corrected chi connectivity index (χ4v) is 4.24. The van der Waals surface area contributed by atoms with Crippen LogP contribution in [0.15, 0.2) is 29.2 Å². The van der Waals surface area contributed by atoms with Crippen LogP contribution in [0.5, 0.6) is 0 Å². The second kappa shape index (κ2) is 8.69. The molecule has 1 fully saturated rings. The Labute approximate surface area is 148 Å². The van der Waals surface area contributed by atoms with E-state index in [2.05, 4.69) is 10.6 Å². The number of urea groups is 1. The first-order valence-corrected chi connectivity index (χ1v) is 10.0. The van der Waals surface area contributed by atoms with Crippen LogP contribution >= 0.6 is 11.6 Å². The van der Waals surface area contributed by atoms with E-state index in [-0.39, 0.29) is 10.9 Å². The quantitative estimate of drug-likeness (QED) is 0.803. The van der Waals surface area contributed by atoms with E-state index in [1.54, 1.807) is 12.1 Å². The molecule has 2 N–H and O–H groups in total. The summed E-state index contributed by atoms with van der Waals surface area (Å²) >= 11 is 5.81. The molecule has 8 heteroatoms. The molecule has 0 radical (unpaired) electrons. The van der Waals surface area contributed by atoms with Gasteiger partial charge in [0, 0.05) is 31.2 Å². The molecule has 0 unspecified atom stereocenters. The van der Waals surface area contributed by atoms with E-state index >= 15 is 0 Å². The van der Waals surface area contributed by atoms with Gasteiger partial charge in [-0.15, -0.1) is 0 Å². The van der Waals surface area contributed by atoms with Crippen LogP contribution in [0.2, 0.25) is 5.02 Å². The largest absolute Gasteiger partial charge is 0.338 e. The molecular formula is C16H24ClN3O3S. The number of sulfonamides is 1. The number of amides is 2. The lowest BCUT2D eigenvalue weighted by atomic mass is 9.98. The molecule has 0 atom stereocenters. The maximum Gasteiger partial charge on any atom is 0.314 e. The number of piperidine rings is 1. The van der Waals surface area contributed by atoms with Crippen molar-refractivity contribution in [1.82, 2.24) is 14.9 Å². The highest BCUT2D eigenvalue weighted by Crippen LogP contribution is 2.24. The minimum atomic E-state index is -3.47. The number of carbonyl (C=O) groups excluding carboxylic acids is 1. The minimum Gasteiger partial charge on any atom is -0.338 e. The molecule has 0 aliphatic carbocycles. The number of nitrogens with one attached hydrogen (secondary N) is 2. The van der Waals surface area contributed by atoms with Crippen molar-refractivity contribution < 1.29 is 13.2 Å². The maximum atomic E-state index is 12.6. The van der Waals surface area contributed by atoms with Gasteiger partial charge in [-0.05, 0) is 49.4 Å². The summed E-state index contributed by atoms with van der Waals surface area (Å²) in [7, 11) is -3.47. The van der Waals surface area contributed by atoms with Gasteiger partial charge in [0.15, 0.2) is 0 Å².